The van der Waals surface area contributed by atoms with Gasteiger partial charge in [0.25, 0.3) is 0 Å². The third kappa shape index (κ3) is 5.45. The minimum Gasteiger partial charge on any atom is -0.493 e. The second-order valence-electron chi connectivity index (χ2n) is 7.31. The Hall–Kier alpha value is -3.88. The van der Waals surface area contributed by atoms with Gasteiger partial charge in [0.05, 0.1) is 42.8 Å². The highest BCUT2D eigenvalue weighted by atomic mass is 35.5. The number of amides is 2. The van der Waals surface area contributed by atoms with Gasteiger partial charge in [-0.1, -0.05) is 23.2 Å². The Morgan fingerprint density at radius 1 is 0.800 bits per heavy atom. The Kier molecular flexibility index (Phi) is 7.33. The summed E-state index contributed by atoms with van der Waals surface area (Å²) < 4.78 is 18.0. The molecule has 2 amide bonds. The molecular formula is C25H22Cl2N4O4. The van der Waals surface area contributed by atoms with Gasteiger partial charge < -0.3 is 24.8 Å². The molecule has 0 unspecified atom stereocenters. The molecule has 4 aromatic rings. The molecular weight excluding hydrogens is 491 g/mol. The van der Waals surface area contributed by atoms with Gasteiger partial charge in [0, 0.05) is 23.1 Å². The summed E-state index contributed by atoms with van der Waals surface area (Å²) in [6.07, 6.45) is 1.85. The lowest BCUT2D eigenvalue weighted by molar-refractivity contribution is 0.262. The van der Waals surface area contributed by atoms with Crippen LogP contribution in [-0.4, -0.2) is 37.1 Å². The third-order valence-corrected chi connectivity index (χ3v) is 5.86. The van der Waals surface area contributed by atoms with E-state index in [1.165, 1.54) is 0 Å². The number of methoxy groups -OCH3 is 3. The smallest absolute Gasteiger partial charge is 0.323 e. The lowest BCUT2D eigenvalue weighted by atomic mass is 10.1. The number of halogens is 2. The number of rotatable bonds is 7. The van der Waals surface area contributed by atoms with Crippen LogP contribution in [-0.2, 0) is 0 Å². The zero-order chi connectivity index (χ0) is 24.9. The molecule has 8 nitrogen and oxygen atoms in total. The van der Waals surface area contributed by atoms with Crippen molar-refractivity contribution in [2.75, 3.05) is 32.0 Å². The van der Waals surface area contributed by atoms with E-state index in [0.29, 0.717) is 38.7 Å². The number of nitrogens with one attached hydrogen (secondary N) is 2. The van der Waals surface area contributed by atoms with Crippen molar-refractivity contribution in [2.24, 2.45) is 0 Å². The molecule has 35 heavy (non-hydrogen) atoms. The molecule has 0 spiro atoms. The zero-order valence-electron chi connectivity index (χ0n) is 19.1. The van der Waals surface area contributed by atoms with Crippen molar-refractivity contribution in [1.29, 1.82) is 0 Å². The Bertz CT molecular complexity index is 1330. The maximum atomic E-state index is 12.3. The van der Waals surface area contributed by atoms with Gasteiger partial charge in [0.15, 0.2) is 11.5 Å². The fraction of sp³-hybridized carbons (Fsp3) is 0.120. The predicted octanol–water partition coefficient (Wildman–Crippen LogP) is 6.52. The average Bonchev–Trinajstić information content (AvgIpc) is 3.36. The van der Waals surface area contributed by atoms with Gasteiger partial charge in [0.2, 0.25) is 5.75 Å². The molecule has 180 valence electrons. The van der Waals surface area contributed by atoms with Gasteiger partial charge in [-0.05, 0) is 60.7 Å². The van der Waals surface area contributed by atoms with Crippen LogP contribution >= 0.6 is 23.2 Å². The van der Waals surface area contributed by atoms with Crippen molar-refractivity contribution >= 4 is 40.6 Å². The van der Waals surface area contributed by atoms with E-state index < -0.39 is 6.03 Å². The lowest BCUT2D eigenvalue weighted by Crippen LogP contribution is -2.19. The maximum absolute atomic E-state index is 12.3. The number of anilines is 2. The summed E-state index contributed by atoms with van der Waals surface area (Å²) in [7, 11) is 4.70. The van der Waals surface area contributed by atoms with Crippen molar-refractivity contribution in [2.45, 2.75) is 0 Å². The van der Waals surface area contributed by atoms with Crippen LogP contribution in [0.25, 0.3) is 16.9 Å². The monoisotopic (exact) mass is 512 g/mol. The van der Waals surface area contributed by atoms with Gasteiger partial charge in [-0.3, -0.25) is 0 Å². The number of ether oxygens (including phenoxy) is 3. The first-order chi connectivity index (χ1) is 16.9. The average molecular weight is 513 g/mol. The van der Waals surface area contributed by atoms with Crippen molar-refractivity contribution < 1.29 is 19.0 Å². The Labute approximate surface area is 212 Å². The van der Waals surface area contributed by atoms with E-state index in [1.54, 1.807) is 56.3 Å². The molecule has 3 aromatic carbocycles. The predicted molar refractivity (Wildman–Crippen MR) is 138 cm³/mol. The summed E-state index contributed by atoms with van der Waals surface area (Å²) in [4.78, 5) is 12.3. The van der Waals surface area contributed by atoms with E-state index in [2.05, 4.69) is 15.7 Å². The number of hydrogen-bond acceptors (Lipinski definition) is 5. The number of nitrogens with zero attached hydrogens (tertiary/aromatic N) is 2. The van der Waals surface area contributed by atoms with E-state index in [-0.39, 0.29) is 0 Å². The summed E-state index contributed by atoms with van der Waals surface area (Å²) in [6.45, 7) is 0. The molecule has 0 saturated carbocycles. The van der Waals surface area contributed by atoms with Crippen LogP contribution in [0.5, 0.6) is 17.2 Å². The maximum Gasteiger partial charge on any atom is 0.323 e. The Balaban J connectivity index is 1.47. The van der Waals surface area contributed by atoms with Crippen molar-refractivity contribution in [3.05, 3.63) is 76.9 Å². The van der Waals surface area contributed by atoms with E-state index in [1.807, 2.05) is 36.5 Å². The molecule has 0 aliphatic carbocycles. The number of aromatic nitrogens is 2. The summed E-state index contributed by atoms with van der Waals surface area (Å²) >= 11 is 11.9. The number of hydrogen-bond donors (Lipinski definition) is 2. The van der Waals surface area contributed by atoms with Crippen LogP contribution in [0.15, 0.2) is 66.9 Å². The van der Waals surface area contributed by atoms with Gasteiger partial charge in [-0.2, -0.15) is 5.10 Å². The zero-order valence-corrected chi connectivity index (χ0v) is 20.6. The largest absolute Gasteiger partial charge is 0.493 e. The van der Waals surface area contributed by atoms with Crippen LogP contribution < -0.4 is 24.8 Å². The molecule has 0 fully saturated rings. The quantitative estimate of drug-likeness (QED) is 0.294. The van der Waals surface area contributed by atoms with E-state index in [0.717, 1.165) is 16.9 Å². The van der Waals surface area contributed by atoms with Gasteiger partial charge in [-0.25, -0.2) is 9.48 Å². The highest BCUT2D eigenvalue weighted by molar-refractivity contribution is 6.42. The molecule has 0 aliphatic rings. The summed E-state index contributed by atoms with van der Waals surface area (Å²) in [5.41, 5.74) is 3.51. The van der Waals surface area contributed by atoms with E-state index in [4.69, 9.17) is 37.4 Å². The normalized spacial score (nSPS) is 10.5. The Morgan fingerprint density at radius 2 is 1.43 bits per heavy atom. The van der Waals surface area contributed by atoms with Gasteiger partial charge in [0.1, 0.15) is 0 Å². The lowest BCUT2D eigenvalue weighted by Gasteiger charge is -2.13. The molecule has 0 bridgehead atoms. The second kappa shape index (κ2) is 10.6. The van der Waals surface area contributed by atoms with Crippen molar-refractivity contribution in [1.82, 2.24) is 9.78 Å². The minimum absolute atomic E-state index is 0.360. The molecule has 0 saturated heterocycles. The SMILES string of the molecule is COc1cc(-c2ccn(-c3ccc(NC(=O)Nc4ccc(Cl)c(Cl)c4)cc3)n2)cc(OC)c1OC. The molecule has 10 heteroatoms. The molecule has 0 atom stereocenters. The van der Waals surface area contributed by atoms with Crippen LogP contribution in [0.4, 0.5) is 16.2 Å². The highest BCUT2D eigenvalue weighted by Crippen LogP contribution is 2.40. The van der Waals surface area contributed by atoms with Crippen molar-refractivity contribution in [3.8, 4) is 34.2 Å². The molecule has 1 aromatic heterocycles. The highest BCUT2D eigenvalue weighted by Gasteiger charge is 2.15. The molecule has 4 rings (SSSR count). The van der Waals surface area contributed by atoms with Crippen LogP contribution in [0, 0.1) is 0 Å². The first kappa shape index (κ1) is 24.3. The number of urea groups is 1. The Morgan fingerprint density at radius 3 is 2.03 bits per heavy atom. The fourth-order valence-electron chi connectivity index (χ4n) is 3.42. The first-order valence-electron chi connectivity index (χ1n) is 10.4. The number of carbonyl (C=O) groups excluding carboxylic acids is 1. The fourth-order valence-corrected chi connectivity index (χ4v) is 3.71. The third-order valence-electron chi connectivity index (χ3n) is 5.12. The molecule has 0 radical (unpaired) electrons. The topological polar surface area (TPSA) is 86.6 Å². The number of carbonyl (C=O) groups is 1. The number of benzene rings is 3. The minimum atomic E-state index is -0.403. The van der Waals surface area contributed by atoms with Crippen LogP contribution in [0.1, 0.15) is 0 Å². The summed E-state index contributed by atoms with van der Waals surface area (Å²) in [5, 5.41) is 10.9. The van der Waals surface area contributed by atoms with Gasteiger partial charge >= 0.3 is 6.03 Å². The standard InChI is InChI=1S/C25H22Cl2N4O4/c1-33-22-12-15(13-23(34-2)24(22)35-3)21-10-11-31(30-21)18-7-4-16(5-8-18)28-25(32)29-17-6-9-19(26)20(27)14-17/h4-14H,1-3H3,(H2,28,29,32). The summed E-state index contributed by atoms with van der Waals surface area (Å²) in [5.74, 6) is 1.61. The van der Waals surface area contributed by atoms with Crippen LogP contribution in [0.3, 0.4) is 0 Å². The summed E-state index contributed by atoms with van der Waals surface area (Å²) in [6, 6.07) is 17.3. The molecule has 1 heterocycles. The molecule has 2 N–H and O–H groups in total. The van der Waals surface area contributed by atoms with E-state index >= 15 is 0 Å². The first-order valence-corrected chi connectivity index (χ1v) is 11.2. The molecule has 0 aliphatic heterocycles. The van der Waals surface area contributed by atoms with E-state index in [9.17, 15) is 4.79 Å². The van der Waals surface area contributed by atoms with Crippen LogP contribution in [0.2, 0.25) is 10.0 Å². The van der Waals surface area contributed by atoms with Gasteiger partial charge in [-0.15, -0.1) is 0 Å². The second-order valence-corrected chi connectivity index (χ2v) is 8.13. The van der Waals surface area contributed by atoms with Crippen molar-refractivity contribution in [3.63, 3.8) is 0 Å².